The third kappa shape index (κ3) is 3.50. The van der Waals surface area contributed by atoms with Gasteiger partial charge >= 0.3 is 6.18 Å². The van der Waals surface area contributed by atoms with Crippen molar-refractivity contribution < 1.29 is 22.8 Å². The van der Waals surface area contributed by atoms with Crippen LogP contribution in [0.1, 0.15) is 12.0 Å². The summed E-state index contributed by atoms with van der Waals surface area (Å²) >= 11 is 22.3. The number of carbonyl (C=O) groups excluding carboxylic acids is 2. The van der Waals surface area contributed by atoms with E-state index in [0.29, 0.717) is 0 Å². The van der Waals surface area contributed by atoms with Gasteiger partial charge in [0.1, 0.15) is 10.4 Å². The van der Waals surface area contributed by atoms with Gasteiger partial charge in [0.25, 0.3) is 5.91 Å². The van der Waals surface area contributed by atoms with E-state index in [9.17, 15) is 22.8 Å². The maximum Gasteiger partial charge on any atom is 0.416 e. The van der Waals surface area contributed by atoms with E-state index < -0.39 is 44.1 Å². The maximum atomic E-state index is 12.9. The smallest absolute Gasteiger partial charge is 0.331 e. The Morgan fingerprint density at radius 2 is 1.93 bits per heavy atom. The number of nitrogens with zero attached hydrogens (tertiary/aromatic N) is 2. The van der Waals surface area contributed by atoms with Crippen molar-refractivity contribution in [3.8, 4) is 0 Å². The largest absolute Gasteiger partial charge is 0.416 e. The predicted octanol–water partition coefficient (Wildman–Crippen LogP) is 3.73. The lowest BCUT2D eigenvalue weighted by molar-refractivity contribution is -0.137. The number of amides is 2. The molecule has 2 fully saturated rings. The second-order valence-corrected chi connectivity index (χ2v) is 9.40. The van der Waals surface area contributed by atoms with Gasteiger partial charge in [-0.15, -0.1) is 11.6 Å². The second kappa shape index (κ2) is 6.61. The molecule has 1 aliphatic carbocycles. The van der Waals surface area contributed by atoms with Crippen LogP contribution in [-0.4, -0.2) is 50.8 Å². The molecule has 1 saturated carbocycles. The number of hydrogen-bond donors (Lipinski definition) is 1. The zero-order chi connectivity index (χ0) is 20.4. The van der Waals surface area contributed by atoms with E-state index in [4.69, 9.17) is 34.8 Å². The van der Waals surface area contributed by atoms with Crippen molar-refractivity contribution in [2.75, 3.05) is 18.5 Å². The number of likely N-dealkylation sites (N-methyl/N-ethyl adjacent to an activating group) is 1. The summed E-state index contributed by atoms with van der Waals surface area (Å²) in [6, 6.07) is 3.41. The number of halogens is 6. The van der Waals surface area contributed by atoms with Crippen LogP contribution in [0.25, 0.3) is 0 Å². The third-order valence-electron chi connectivity index (χ3n) is 4.74. The number of alkyl halides is 6. The monoisotopic (exact) mass is 460 g/mol. The summed E-state index contributed by atoms with van der Waals surface area (Å²) in [5, 5.41) is -0.625. The van der Waals surface area contributed by atoms with Crippen LogP contribution < -0.4 is 4.90 Å². The summed E-state index contributed by atoms with van der Waals surface area (Å²) in [6.45, 7) is 0.0354. The van der Waals surface area contributed by atoms with E-state index >= 15 is 0 Å². The Bertz CT molecular complexity index is 807. The molecular weight excluding hydrogens is 448 g/mol. The van der Waals surface area contributed by atoms with Crippen molar-refractivity contribution in [3.63, 3.8) is 0 Å². The highest BCUT2D eigenvalue weighted by Crippen LogP contribution is 2.62. The average molecular weight is 462 g/mol. The first kappa shape index (κ1) is 20.9. The molecule has 11 heteroatoms. The first-order chi connectivity index (χ1) is 12.3. The Balaban J connectivity index is 1.84. The van der Waals surface area contributed by atoms with E-state index in [1.54, 1.807) is 0 Å². The summed E-state index contributed by atoms with van der Waals surface area (Å²) in [7, 11) is 1.37. The molecule has 4 nitrogen and oxygen atoms in total. The van der Waals surface area contributed by atoms with Crippen molar-refractivity contribution in [2.24, 2.45) is 0 Å². The summed E-state index contributed by atoms with van der Waals surface area (Å²) in [5.74, 6) is -1.18. The minimum Gasteiger partial charge on any atom is -0.331 e. The Labute approximate surface area is 173 Å². The van der Waals surface area contributed by atoms with E-state index in [0.717, 1.165) is 17.0 Å². The predicted molar refractivity (Wildman–Crippen MR) is 101 cm³/mol. The summed E-state index contributed by atoms with van der Waals surface area (Å²) in [5.41, 5.74) is -0.795. The molecule has 0 bridgehead atoms. The zero-order valence-corrected chi connectivity index (χ0v) is 17.0. The van der Waals surface area contributed by atoms with Gasteiger partial charge in [-0.05, 0) is 18.2 Å². The van der Waals surface area contributed by atoms with Gasteiger partial charge in [-0.3, -0.25) is 9.59 Å². The lowest BCUT2D eigenvalue weighted by Gasteiger charge is -2.28. The molecular formula is C16H14Cl3F3N2O2S. The molecule has 0 spiro atoms. The Morgan fingerprint density at radius 3 is 2.44 bits per heavy atom. The molecule has 3 atom stereocenters. The molecule has 1 aromatic carbocycles. The minimum atomic E-state index is -4.54. The van der Waals surface area contributed by atoms with Crippen LogP contribution in [0.5, 0.6) is 0 Å². The Hall–Kier alpha value is -0.830. The molecule has 3 unspecified atom stereocenters. The molecule has 1 heterocycles. The number of carbonyl (C=O) groups is 2. The van der Waals surface area contributed by atoms with Crippen LogP contribution in [0.15, 0.2) is 24.3 Å². The summed E-state index contributed by atoms with van der Waals surface area (Å²) in [4.78, 5) is 26.2. The van der Waals surface area contributed by atoms with Gasteiger partial charge in [-0.25, -0.2) is 0 Å². The molecule has 0 N–H and O–H groups in total. The molecule has 1 saturated heterocycles. The van der Waals surface area contributed by atoms with E-state index in [2.05, 4.69) is 12.6 Å². The Kier molecular flexibility index (Phi) is 5.11. The quantitative estimate of drug-likeness (QED) is 0.550. The van der Waals surface area contributed by atoms with Crippen molar-refractivity contribution in [1.82, 2.24) is 4.90 Å². The number of thiol groups is 1. The van der Waals surface area contributed by atoms with Crippen molar-refractivity contribution >= 4 is 64.9 Å². The molecule has 27 heavy (non-hydrogen) atoms. The molecule has 0 aromatic heterocycles. The van der Waals surface area contributed by atoms with Gasteiger partial charge in [0, 0.05) is 31.0 Å². The fraction of sp³-hybridized carbons (Fsp3) is 0.500. The number of anilines is 1. The average Bonchev–Trinajstić information content (AvgIpc) is 2.94. The lowest BCUT2D eigenvalue weighted by atomic mass is 10.1. The van der Waals surface area contributed by atoms with Crippen LogP contribution in [0.4, 0.5) is 18.9 Å². The van der Waals surface area contributed by atoms with Crippen LogP contribution in [0.3, 0.4) is 0 Å². The van der Waals surface area contributed by atoms with Crippen LogP contribution in [-0.2, 0) is 15.8 Å². The van der Waals surface area contributed by atoms with Gasteiger partial charge in [0.2, 0.25) is 5.91 Å². The fourth-order valence-corrected chi connectivity index (χ4v) is 4.63. The van der Waals surface area contributed by atoms with Gasteiger partial charge in [0.15, 0.2) is 4.87 Å². The van der Waals surface area contributed by atoms with E-state index in [-0.39, 0.29) is 18.7 Å². The fourth-order valence-electron chi connectivity index (χ4n) is 3.11. The minimum absolute atomic E-state index is 0.0311. The van der Waals surface area contributed by atoms with Crippen molar-refractivity contribution in [2.45, 2.75) is 33.1 Å². The van der Waals surface area contributed by atoms with Gasteiger partial charge < -0.3 is 9.80 Å². The molecule has 3 rings (SSSR count). The molecule has 2 aliphatic rings. The van der Waals surface area contributed by atoms with Crippen molar-refractivity contribution in [1.29, 1.82) is 0 Å². The Morgan fingerprint density at radius 1 is 1.33 bits per heavy atom. The van der Waals surface area contributed by atoms with Crippen LogP contribution in [0, 0.1) is 0 Å². The van der Waals surface area contributed by atoms with Crippen LogP contribution >= 0.6 is 47.4 Å². The second-order valence-electron chi connectivity index (χ2n) is 6.61. The molecule has 148 valence electrons. The van der Waals surface area contributed by atoms with Gasteiger partial charge in [-0.1, -0.05) is 29.3 Å². The van der Waals surface area contributed by atoms with Gasteiger partial charge in [0.05, 0.1) is 5.56 Å². The lowest BCUT2D eigenvalue weighted by Crippen LogP contribution is -2.50. The highest BCUT2D eigenvalue weighted by molar-refractivity contribution is 7.81. The molecule has 2 amide bonds. The molecule has 1 aliphatic heterocycles. The topological polar surface area (TPSA) is 40.6 Å². The van der Waals surface area contributed by atoms with E-state index in [1.807, 2.05) is 0 Å². The number of hydrogen-bond acceptors (Lipinski definition) is 3. The van der Waals surface area contributed by atoms with E-state index in [1.165, 1.54) is 24.1 Å². The normalized spacial score (nSPS) is 29.8. The molecule has 1 aromatic rings. The number of rotatable bonds is 3. The third-order valence-corrected chi connectivity index (χ3v) is 6.90. The first-order valence-corrected chi connectivity index (χ1v) is 9.45. The molecule has 0 radical (unpaired) electrons. The standard InChI is InChI=1S/C16H14Cl3F3N2O2S/c1-23(13(26)14(17)7-15(14,18)19)11-10(27)6-24(12(11)25)9-4-2-3-8(5-9)16(20,21)22/h2-5,10-11,27H,6-7H2,1H3. The zero-order valence-electron chi connectivity index (χ0n) is 13.8. The first-order valence-electron chi connectivity index (χ1n) is 7.80. The number of benzene rings is 1. The highest BCUT2D eigenvalue weighted by atomic mass is 35.5. The highest BCUT2D eigenvalue weighted by Gasteiger charge is 2.72. The SMILES string of the molecule is CN(C(=O)C1(Cl)CC1(Cl)Cl)C1C(=O)N(c2cccc(C(F)(F)F)c2)CC1S. The summed E-state index contributed by atoms with van der Waals surface area (Å²) in [6.07, 6.45) is -4.50. The summed E-state index contributed by atoms with van der Waals surface area (Å²) < 4.78 is 37.4. The van der Waals surface area contributed by atoms with Crippen molar-refractivity contribution in [3.05, 3.63) is 29.8 Å². The van der Waals surface area contributed by atoms with Gasteiger partial charge in [-0.2, -0.15) is 25.8 Å². The van der Waals surface area contributed by atoms with Crippen LogP contribution in [0.2, 0.25) is 0 Å². The maximum absolute atomic E-state index is 12.9.